The number of anilines is 1. The summed E-state index contributed by atoms with van der Waals surface area (Å²) < 4.78 is 0. The number of carbonyl (C=O) groups is 1. The Morgan fingerprint density at radius 1 is 1.26 bits per heavy atom. The molecule has 1 unspecified atom stereocenters. The molecule has 5 nitrogen and oxygen atoms in total. The topological polar surface area (TPSA) is 85.2 Å². The number of nitrogens with zero attached hydrogens (tertiary/aromatic N) is 1. The number of carbonyl (C=O) groups excluding carboxylic acids is 1. The van der Waals surface area contributed by atoms with E-state index >= 15 is 0 Å². The first kappa shape index (κ1) is 17.1. The van der Waals surface area contributed by atoms with Gasteiger partial charge in [-0.1, -0.05) is 35.3 Å². The summed E-state index contributed by atoms with van der Waals surface area (Å²) in [6.45, 7) is 0.0240. The summed E-state index contributed by atoms with van der Waals surface area (Å²) in [6.07, 6.45) is -0.871. The van der Waals surface area contributed by atoms with E-state index in [1.165, 1.54) is 12.1 Å². The molecule has 0 bridgehead atoms. The van der Waals surface area contributed by atoms with Crippen molar-refractivity contribution in [3.8, 4) is 6.07 Å². The molecule has 7 heteroatoms. The summed E-state index contributed by atoms with van der Waals surface area (Å²) in [7, 11) is 0. The van der Waals surface area contributed by atoms with Crippen LogP contribution in [0.15, 0.2) is 42.5 Å². The molecule has 118 valence electrons. The Morgan fingerprint density at radius 3 is 2.70 bits per heavy atom. The van der Waals surface area contributed by atoms with Gasteiger partial charge in [0.05, 0.1) is 16.7 Å². The number of hydrogen-bond acceptors (Lipinski definition) is 3. The van der Waals surface area contributed by atoms with Crippen LogP contribution in [0.4, 0.5) is 10.5 Å². The monoisotopic (exact) mass is 349 g/mol. The Hall–Kier alpha value is -2.26. The van der Waals surface area contributed by atoms with Crippen molar-refractivity contribution < 1.29 is 9.90 Å². The van der Waals surface area contributed by atoms with E-state index in [2.05, 4.69) is 10.6 Å². The lowest BCUT2D eigenvalue weighted by atomic mass is 10.1. The maximum atomic E-state index is 11.8. The number of aliphatic hydroxyl groups is 1. The molecule has 0 saturated carbocycles. The standard InChI is InChI=1S/C16H13Cl2N3O2/c17-12-3-1-2-10(6-12)15(22)9-20-16(23)21-13-5-4-11(8-19)14(18)7-13/h1-7,15,22H,9H2,(H2,20,21,23). The zero-order valence-corrected chi connectivity index (χ0v) is 13.4. The van der Waals surface area contributed by atoms with Crippen molar-refractivity contribution >= 4 is 34.9 Å². The molecule has 1 atom stereocenters. The minimum Gasteiger partial charge on any atom is -0.387 e. The normalized spacial score (nSPS) is 11.4. The molecular weight excluding hydrogens is 337 g/mol. The van der Waals surface area contributed by atoms with Crippen LogP contribution in [-0.2, 0) is 0 Å². The van der Waals surface area contributed by atoms with E-state index in [0.29, 0.717) is 21.8 Å². The summed E-state index contributed by atoms with van der Waals surface area (Å²) in [6, 6.07) is 12.8. The number of rotatable bonds is 4. The van der Waals surface area contributed by atoms with Gasteiger partial charge in [-0.05, 0) is 35.9 Å². The van der Waals surface area contributed by atoms with Crippen molar-refractivity contribution in [3.63, 3.8) is 0 Å². The van der Waals surface area contributed by atoms with Crippen LogP contribution in [0.2, 0.25) is 10.0 Å². The van der Waals surface area contributed by atoms with Gasteiger partial charge in [0.15, 0.2) is 0 Å². The lowest BCUT2D eigenvalue weighted by Gasteiger charge is -2.13. The number of urea groups is 1. The molecule has 0 radical (unpaired) electrons. The van der Waals surface area contributed by atoms with Gasteiger partial charge in [-0.25, -0.2) is 4.79 Å². The summed E-state index contributed by atoms with van der Waals surface area (Å²) in [5.74, 6) is 0. The van der Waals surface area contributed by atoms with Crippen LogP contribution >= 0.6 is 23.2 Å². The number of hydrogen-bond donors (Lipinski definition) is 3. The predicted molar refractivity (Wildman–Crippen MR) is 89.6 cm³/mol. The predicted octanol–water partition coefficient (Wildman–Crippen LogP) is 3.72. The van der Waals surface area contributed by atoms with Gasteiger partial charge in [-0.3, -0.25) is 0 Å². The maximum absolute atomic E-state index is 11.8. The third-order valence-electron chi connectivity index (χ3n) is 3.04. The van der Waals surface area contributed by atoms with Crippen LogP contribution in [0, 0.1) is 11.3 Å². The molecule has 3 N–H and O–H groups in total. The second-order valence-electron chi connectivity index (χ2n) is 4.71. The summed E-state index contributed by atoms with van der Waals surface area (Å²) >= 11 is 11.7. The fourth-order valence-corrected chi connectivity index (χ4v) is 2.30. The molecule has 2 aromatic carbocycles. The summed E-state index contributed by atoms with van der Waals surface area (Å²) in [5.41, 5.74) is 1.39. The minimum atomic E-state index is -0.871. The molecule has 0 aliphatic rings. The zero-order chi connectivity index (χ0) is 16.8. The molecule has 2 aromatic rings. The number of nitriles is 1. The maximum Gasteiger partial charge on any atom is 0.319 e. The Labute approximate surface area is 143 Å². The molecule has 0 aliphatic carbocycles. The molecule has 0 fully saturated rings. The fraction of sp³-hybridized carbons (Fsp3) is 0.125. The quantitative estimate of drug-likeness (QED) is 0.786. The number of benzene rings is 2. The Morgan fingerprint density at radius 2 is 2.04 bits per heavy atom. The van der Waals surface area contributed by atoms with Gasteiger partial charge < -0.3 is 15.7 Å². The van der Waals surface area contributed by atoms with E-state index in [1.54, 1.807) is 30.3 Å². The molecule has 2 rings (SSSR count). The Kier molecular flexibility index (Phi) is 5.83. The molecule has 23 heavy (non-hydrogen) atoms. The van der Waals surface area contributed by atoms with Gasteiger partial charge in [0.25, 0.3) is 0 Å². The highest BCUT2D eigenvalue weighted by atomic mass is 35.5. The van der Waals surface area contributed by atoms with Gasteiger partial charge in [-0.15, -0.1) is 0 Å². The second-order valence-corrected chi connectivity index (χ2v) is 5.56. The van der Waals surface area contributed by atoms with Crippen molar-refractivity contribution in [2.45, 2.75) is 6.10 Å². The van der Waals surface area contributed by atoms with Crippen LogP contribution in [0.1, 0.15) is 17.2 Å². The van der Waals surface area contributed by atoms with Crippen molar-refractivity contribution in [2.75, 3.05) is 11.9 Å². The van der Waals surface area contributed by atoms with Gasteiger partial charge in [0.2, 0.25) is 0 Å². The van der Waals surface area contributed by atoms with Crippen LogP contribution < -0.4 is 10.6 Å². The van der Waals surface area contributed by atoms with E-state index in [0.717, 1.165) is 0 Å². The van der Waals surface area contributed by atoms with Crippen molar-refractivity contribution in [3.05, 3.63) is 63.6 Å². The van der Waals surface area contributed by atoms with Gasteiger partial charge in [0.1, 0.15) is 6.07 Å². The van der Waals surface area contributed by atoms with Crippen LogP contribution in [0.25, 0.3) is 0 Å². The number of halogens is 2. The highest BCUT2D eigenvalue weighted by Gasteiger charge is 2.10. The molecule has 0 saturated heterocycles. The SMILES string of the molecule is N#Cc1ccc(NC(=O)NCC(O)c2cccc(Cl)c2)cc1Cl. The van der Waals surface area contributed by atoms with Gasteiger partial charge in [-0.2, -0.15) is 5.26 Å². The lowest BCUT2D eigenvalue weighted by molar-refractivity contribution is 0.175. The summed E-state index contributed by atoms with van der Waals surface area (Å²) in [4.78, 5) is 11.8. The van der Waals surface area contributed by atoms with Crippen LogP contribution in [0.3, 0.4) is 0 Å². The smallest absolute Gasteiger partial charge is 0.319 e. The average Bonchev–Trinajstić information content (AvgIpc) is 2.53. The minimum absolute atomic E-state index is 0.0240. The fourth-order valence-electron chi connectivity index (χ4n) is 1.88. The zero-order valence-electron chi connectivity index (χ0n) is 11.9. The molecule has 0 spiro atoms. The number of aliphatic hydroxyl groups excluding tert-OH is 1. The second kappa shape index (κ2) is 7.84. The Bertz CT molecular complexity index is 759. The van der Waals surface area contributed by atoms with E-state index in [1.807, 2.05) is 6.07 Å². The molecule has 0 aliphatic heterocycles. The van der Waals surface area contributed by atoms with Crippen molar-refractivity contribution in [2.24, 2.45) is 0 Å². The lowest BCUT2D eigenvalue weighted by Crippen LogP contribution is -2.32. The molecule has 0 heterocycles. The van der Waals surface area contributed by atoms with Crippen LogP contribution in [-0.4, -0.2) is 17.7 Å². The molecular formula is C16H13Cl2N3O2. The average molecular weight is 350 g/mol. The third kappa shape index (κ3) is 4.86. The highest BCUT2D eigenvalue weighted by Crippen LogP contribution is 2.20. The van der Waals surface area contributed by atoms with Gasteiger partial charge >= 0.3 is 6.03 Å². The first-order valence-corrected chi connectivity index (χ1v) is 7.43. The molecule has 0 aromatic heterocycles. The van der Waals surface area contributed by atoms with E-state index in [9.17, 15) is 9.90 Å². The largest absolute Gasteiger partial charge is 0.387 e. The van der Waals surface area contributed by atoms with E-state index in [4.69, 9.17) is 28.5 Å². The number of amides is 2. The Balaban J connectivity index is 1.90. The van der Waals surface area contributed by atoms with Crippen molar-refractivity contribution in [1.82, 2.24) is 5.32 Å². The highest BCUT2D eigenvalue weighted by molar-refractivity contribution is 6.32. The van der Waals surface area contributed by atoms with E-state index in [-0.39, 0.29) is 11.6 Å². The van der Waals surface area contributed by atoms with E-state index < -0.39 is 12.1 Å². The first-order chi connectivity index (χ1) is 11.0. The third-order valence-corrected chi connectivity index (χ3v) is 3.58. The van der Waals surface area contributed by atoms with Crippen LogP contribution in [0.5, 0.6) is 0 Å². The van der Waals surface area contributed by atoms with Gasteiger partial charge in [0, 0.05) is 17.3 Å². The molecule has 2 amide bonds. The number of nitrogens with one attached hydrogen (secondary N) is 2. The summed E-state index contributed by atoms with van der Waals surface area (Å²) in [5, 5.41) is 24.7. The van der Waals surface area contributed by atoms with Crippen molar-refractivity contribution in [1.29, 1.82) is 5.26 Å². The first-order valence-electron chi connectivity index (χ1n) is 6.67.